The predicted octanol–water partition coefficient (Wildman–Crippen LogP) is -0.340. The number of aliphatic hydroxyl groups excluding tert-OH is 1. The van der Waals surface area contributed by atoms with Gasteiger partial charge in [-0.2, -0.15) is 0 Å². The number of ether oxygens (including phenoxy) is 4. The molecule has 0 radical (unpaired) electrons. The summed E-state index contributed by atoms with van der Waals surface area (Å²) in [6.45, 7) is 7.47. The molecule has 6 fully saturated rings. The van der Waals surface area contributed by atoms with E-state index in [4.69, 9.17) is 18.9 Å². The first-order valence-electron chi connectivity index (χ1n) is 10.1. The van der Waals surface area contributed by atoms with Crippen LogP contribution < -0.4 is 0 Å². The Morgan fingerprint density at radius 2 is 1.72 bits per heavy atom. The molecule has 0 aromatic carbocycles. The maximum atomic E-state index is 13.3. The Morgan fingerprint density at radius 3 is 2.38 bits per heavy atom. The van der Waals surface area contributed by atoms with Gasteiger partial charge < -0.3 is 29.2 Å². The molecule has 9 nitrogen and oxygen atoms in total. The fourth-order valence-electron chi connectivity index (χ4n) is 8.06. The van der Waals surface area contributed by atoms with Gasteiger partial charge in [0.15, 0.2) is 11.7 Å². The van der Waals surface area contributed by atoms with Gasteiger partial charge in [0, 0.05) is 6.42 Å². The van der Waals surface area contributed by atoms with Gasteiger partial charge in [0.25, 0.3) is 0 Å². The maximum Gasteiger partial charge on any atom is 0.342 e. The summed E-state index contributed by atoms with van der Waals surface area (Å²) in [5.41, 5.74) is -6.81. The number of fused-ring (bicyclic) bond motifs is 1. The van der Waals surface area contributed by atoms with Crippen molar-refractivity contribution in [2.45, 2.75) is 76.3 Å². The van der Waals surface area contributed by atoms with Crippen molar-refractivity contribution in [1.29, 1.82) is 0 Å². The van der Waals surface area contributed by atoms with Crippen LogP contribution in [-0.4, -0.2) is 63.9 Å². The van der Waals surface area contributed by atoms with Gasteiger partial charge in [-0.15, -0.1) is 0 Å². The van der Waals surface area contributed by atoms with Crippen molar-refractivity contribution >= 4 is 17.9 Å². The number of hydrogen-bond donors (Lipinski definition) is 2. The third-order valence-electron chi connectivity index (χ3n) is 8.97. The van der Waals surface area contributed by atoms with Crippen LogP contribution in [0.2, 0.25) is 0 Å². The number of hydrogen-bond acceptors (Lipinski definition) is 9. The lowest BCUT2D eigenvalue weighted by molar-refractivity contribution is -0.238. The molecule has 4 saturated heterocycles. The molecule has 4 heterocycles. The van der Waals surface area contributed by atoms with E-state index in [0.29, 0.717) is 6.42 Å². The predicted molar refractivity (Wildman–Crippen MR) is 90.6 cm³/mol. The average molecular weight is 408 g/mol. The molecule has 2 saturated carbocycles. The molecule has 10 atom stereocenters. The molecule has 0 unspecified atom stereocenters. The molecule has 2 spiro atoms. The van der Waals surface area contributed by atoms with E-state index in [1.54, 1.807) is 0 Å². The molecular formula is C20H24O9. The van der Waals surface area contributed by atoms with Crippen molar-refractivity contribution in [2.24, 2.45) is 28.1 Å². The Morgan fingerprint density at radius 1 is 1.03 bits per heavy atom. The topological polar surface area (TPSA) is 129 Å². The summed E-state index contributed by atoms with van der Waals surface area (Å²) < 4.78 is 22.9. The van der Waals surface area contributed by atoms with Crippen LogP contribution in [0, 0.1) is 28.1 Å². The van der Waals surface area contributed by atoms with E-state index in [1.807, 2.05) is 20.8 Å². The fourth-order valence-corrected chi connectivity index (χ4v) is 8.06. The zero-order valence-electron chi connectivity index (χ0n) is 16.6. The van der Waals surface area contributed by atoms with Gasteiger partial charge in [0.05, 0.1) is 16.7 Å². The Kier molecular flexibility index (Phi) is 2.79. The number of carbonyl (C=O) groups excluding carboxylic acids is 3. The third-order valence-corrected chi connectivity index (χ3v) is 8.97. The van der Waals surface area contributed by atoms with Crippen LogP contribution in [0.25, 0.3) is 0 Å². The Hall–Kier alpha value is -1.71. The van der Waals surface area contributed by atoms with Crippen LogP contribution in [0.3, 0.4) is 0 Å². The van der Waals surface area contributed by atoms with Crippen molar-refractivity contribution < 1.29 is 43.5 Å². The lowest BCUT2D eigenvalue weighted by Gasteiger charge is -2.46. The normalized spacial score (nSPS) is 59.2. The van der Waals surface area contributed by atoms with Gasteiger partial charge in [-0.25, -0.2) is 9.59 Å². The van der Waals surface area contributed by atoms with Gasteiger partial charge in [-0.1, -0.05) is 20.8 Å². The summed E-state index contributed by atoms with van der Waals surface area (Å²) in [7, 11) is 0. The van der Waals surface area contributed by atoms with Gasteiger partial charge in [0.2, 0.25) is 11.9 Å². The standard InChI is InChI=1S/C20H24O9/c1-7-12(22)26-10-6-17-9-5-8(16(2,3)4)18(17)11(21)13(23)28-15(18)29-20(17,14(24)27-9)19(7,10)25/h7-11,15,21,25H,5-6H2,1-4H3/t7-,8+,9+,10+,11-,15-,17+,18+,19+,20-/m1/s1. The summed E-state index contributed by atoms with van der Waals surface area (Å²) in [6.07, 6.45) is -3.96. The quantitative estimate of drug-likeness (QED) is 0.408. The van der Waals surface area contributed by atoms with E-state index in [-0.39, 0.29) is 17.8 Å². The van der Waals surface area contributed by atoms with E-state index in [1.165, 1.54) is 6.92 Å². The van der Waals surface area contributed by atoms with Crippen molar-refractivity contribution in [3.8, 4) is 0 Å². The molecule has 2 N–H and O–H groups in total. The minimum absolute atomic E-state index is 0.0623. The highest BCUT2D eigenvalue weighted by Gasteiger charge is 3.01. The lowest BCUT2D eigenvalue weighted by atomic mass is 9.51. The molecule has 0 aromatic heterocycles. The van der Waals surface area contributed by atoms with Crippen LogP contribution in [0.4, 0.5) is 0 Å². The molecular weight excluding hydrogens is 384 g/mol. The highest BCUT2D eigenvalue weighted by molar-refractivity contribution is 5.93. The van der Waals surface area contributed by atoms with Gasteiger partial charge in [-0.05, 0) is 24.7 Å². The molecule has 6 rings (SSSR count). The smallest absolute Gasteiger partial charge is 0.342 e. The summed E-state index contributed by atoms with van der Waals surface area (Å²) >= 11 is 0. The van der Waals surface area contributed by atoms with Crippen molar-refractivity contribution in [2.75, 3.05) is 0 Å². The second-order valence-corrected chi connectivity index (χ2v) is 10.6. The second kappa shape index (κ2) is 4.48. The van der Waals surface area contributed by atoms with Crippen molar-refractivity contribution in [3.63, 3.8) is 0 Å². The first kappa shape index (κ1) is 18.1. The van der Waals surface area contributed by atoms with Crippen LogP contribution in [-0.2, 0) is 33.3 Å². The molecule has 29 heavy (non-hydrogen) atoms. The Bertz CT molecular complexity index is 893. The highest BCUT2D eigenvalue weighted by Crippen LogP contribution is 2.84. The molecule has 2 aliphatic carbocycles. The molecule has 6 aliphatic rings. The molecule has 158 valence electrons. The summed E-state index contributed by atoms with van der Waals surface area (Å²) in [4.78, 5) is 38.1. The number of aliphatic hydroxyl groups is 2. The van der Waals surface area contributed by atoms with Crippen molar-refractivity contribution in [3.05, 3.63) is 0 Å². The summed E-state index contributed by atoms with van der Waals surface area (Å²) in [6, 6.07) is 0. The lowest BCUT2D eigenvalue weighted by Crippen LogP contribution is -2.66. The van der Waals surface area contributed by atoms with Gasteiger partial charge >= 0.3 is 17.9 Å². The van der Waals surface area contributed by atoms with E-state index >= 15 is 0 Å². The van der Waals surface area contributed by atoms with E-state index in [0.717, 1.165) is 0 Å². The Labute approximate surface area is 166 Å². The zero-order chi connectivity index (χ0) is 20.9. The number of carbonyl (C=O) groups is 3. The van der Waals surface area contributed by atoms with E-state index in [2.05, 4.69) is 0 Å². The van der Waals surface area contributed by atoms with E-state index in [9.17, 15) is 24.6 Å². The van der Waals surface area contributed by atoms with Crippen molar-refractivity contribution in [1.82, 2.24) is 0 Å². The minimum atomic E-state index is -1.97. The molecule has 0 amide bonds. The molecule has 0 bridgehead atoms. The first-order chi connectivity index (χ1) is 13.4. The molecule has 0 aromatic rings. The van der Waals surface area contributed by atoms with Crippen LogP contribution in [0.15, 0.2) is 0 Å². The van der Waals surface area contributed by atoms with E-state index < -0.39 is 70.5 Å². The maximum absolute atomic E-state index is 13.3. The average Bonchev–Trinajstić information content (AvgIpc) is 3.31. The van der Waals surface area contributed by atoms with Crippen LogP contribution in [0.5, 0.6) is 0 Å². The molecule has 4 aliphatic heterocycles. The largest absolute Gasteiger partial charge is 0.459 e. The zero-order valence-corrected chi connectivity index (χ0v) is 16.6. The third kappa shape index (κ3) is 1.35. The van der Waals surface area contributed by atoms with Crippen LogP contribution >= 0.6 is 0 Å². The Balaban J connectivity index is 1.68. The van der Waals surface area contributed by atoms with Gasteiger partial charge in [0.1, 0.15) is 12.2 Å². The fraction of sp³-hybridized carbons (Fsp3) is 0.850. The highest BCUT2D eigenvalue weighted by atomic mass is 16.8. The number of esters is 3. The monoisotopic (exact) mass is 408 g/mol. The summed E-state index contributed by atoms with van der Waals surface area (Å²) in [5.74, 6) is -3.52. The summed E-state index contributed by atoms with van der Waals surface area (Å²) in [5, 5.41) is 23.0. The SMILES string of the molecule is C[C@@H]1C(=O)O[C@H]2C[C@]34[C@@H]5C[C@@H](C(C)(C)C)[C@]36[C@H](OC(=O)[C@H]6O)O[C@@]4(C(=O)O5)[C@@]21O. The van der Waals surface area contributed by atoms with Gasteiger partial charge in [-0.3, -0.25) is 4.79 Å². The van der Waals surface area contributed by atoms with Crippen LogP contribution in [0.1, 0.15) is 40.5 Å². The first-order valence-corrected chi connectivity index (χ1v) is 10.1. The molecule has 9 heteroatoms. The number of rotatable bonds is 0. The minimum Gasteiger partial charge on any atom is -0.459 e. The second-order valence-electron chi connectivity index (χ2n) is 10.6.